The van der Waals surface area contributed by atoms with Crippen molar-refractivity contribution >= 4 is 49.7 Å². The van der Waals surface area contributed by atoms with E-state index in [9.17, 15) is 9.18 Å². The molecular weight excluding hydrogens is 453 g/mol. The summed E-state index contributed by atoms with van der Waals surface area (Å²) in [6, 6.07) is 20.9. The lowest BCUT2D eigenvalue weighted by atomic mass is 10.1. The molecule has 4 rings (SSSR count). The van der Waals surface area contributed by atoms with E-state index in [1.54, 1.807) is 18.2 Å². The standard InChI is InChI=1S/C22H15BrFN3OS/c23-19-7-2-1-6-18(19)21(28)25-17-5-3-4-14(12-17)20-13-29-22(27-20)26-16-10-8-15(24)9-11-16/h1-13H,(H,25,28)(H,26,27). The molecule has 0 aliphatic rings. The molecule has 4 aromatic rings. The van der Waals surface area contributed by atoms with Crippen LogP contribution in [-0.4, -0.2) is 10.9 Å². The SMILES string of the molecule is O=C(Nc1cccc(-c2csc(Nc3ccc(F)cc3)n2)c1)c1ccccc1Br. The highest BCUT2D eigenvalue weighted by Crippen LogP contribution is 2.29. The molecule has 0 saturated heterocycles. The molecule has 0 saturated carbocycles. The number of benzene rings is 3. The number of amides is 1. The number of halogens is 2. The Kier molecular flexibility index (Phi) is 5.69. The van der Waals surface area contributed by atoms with Crippen molar-refractivity contribution < 1.29 is 9.18 Å². The van der Waals surface area contributed by atoms with E-state index in [0.717, 1.165) is 21.4 Å². The lowest BCUT2D eigenvalue weighted by Crippen LogP contribution is -2.12. The van der Waals surface area contributed by atoms with Gasteiger partial charge in [0.2, 0.25) is 0 Å². The Bertz CT molecular complexity index is 1160. The van der Waals surface area contributed by atoms with E-state index in [1.807, 2.05) is 47.8 Å². The van der Waals surface area contributed by atoms with Gasteiger partial charge >= 0.3 is 0 Å². The minimum absolute atomic E-state index is 0.188. The van der Waals surface area contributed by atoms with E-state index in [4.69, 9.17) is 0 Å². The molecule has 0 aliphatic heterocycles. The first-order valence-corrected chi connectivity index (χ1v) is 10.4. The van der Waals surface area contributed by atoms with Crippen molar-refractivity contribution in [3.8, 4) is 11.3 Å². The van der Waals surface area contributed by atoms with E-state index in [1.165, 1.54) is 23.5 Å². The van der Waals surface area contributed by atoms with Gasteiger partial charge in [0.25, 0.3) is 5.91 Å². The van der Waals surface area contributed by atoms with Crippen LogP contribution in [0.15, 0.2) is 82.6 Å². The first kappa shape index (κ1) is 19.3. The van der Waals surface area contributed by atoms with Gasteiger partial charge in [-0.2, -0.15) is 0 Å². The monoisotopic (exact) mass is 467 g/mol. The van der Waals surface area contributed by atoms with E-state index >= 15 is 0 Å². The molecule has 1 aromatic heterocycles. The van der Waals surface area contributed by atoms with E-state index < -0.39 is 0 Å². The molecule has 29 heavy (non-hydrogen) atoms. The quantitative estimate of drug-likeness (QED) is 0.343. The molecule has 1 amide bonds. The summed E-state index contributed by atoms with van der Waals surface area (Å²) in [5, 5.41) is 8.71. The molecule has 0 radical (unpaired) electrons. The lowest BCUT2D eigenvalue weighted by Gasteiger charge is -2.08. The molecule has 7 heteroatoms. The maximum atomic E-state index is 13.0. The molecule has 4 nitrogen and oxygen atoms in total. The van der Waals surface area contributed by atoms with Crippen molar-refractivity contribution in [2.24, 2.45) is 0 Å². The number of rotatable bonds is 5. The summed E-state index contributed by atoms with van der Waals surface area (Å²) in [7, 11) is 0. The molecule has 0 spiro atoms. The van der Waals surface area contributed by atoms with Gasteiger partial charge in [0, 0.05) is 26.8 Å². The van der Waals surface area contributed by atoms with Crippen LogP contribution in [0.3, 0.4) is 0 Å². The first-order chi connectivity index (χ1) is 14.1. The number of carbonyl (C=O) groups excluding carboxylic acids is 1. The molecule has 0 aliphatic carbocycles. The third kappa shape index (κ3) is 4.70. The fourth-order valence-electron chi connectivity index (χ4n) is 2.72. The van der Waals surface area contributed by atoms with Crippen LogP contribution in [0, 0.1) is 5.82 Å². The van der Waals surface area contributed by atoms with E-state index in [0.29, 0.717) is 16.4 Å². The summed E-state index contributed by atoms with van der Waals surface area (Å²) in [6.07, 6.45) is 0. The number of nitrogens with zero attached hydrogens (tertiary/aromatic N) is 1. The van der Waals surface area contributed by atoms with Crippen LogP contribution in [0.4, 0.5) is 20.9 Å². The van der Waals surface area contributed by atoms with Crippen LogP contribution in [0.1, 0.15) is 10.4 Å². The normalized spacial score (nSPS) is 10.6. The molecule has 2 N–H and O–H groups in total. The number of carbonyl (C=O) groups is 1. The number of thiazole rings is 1. The summed E-state index contributed by atoms with van der Waals surface area (Å²) < 4.78 is 13.8. The van der Waals surface area contributed by atoms with Gasteiger partial charge in [-0.05, 0) is 64.5 Å². The smallest absolute Gasteiger partial charge is 0.256 e. The Morgan fingerprint density at radius 1 is 0.966 bits per heavy atom. The van der Waals surface area contributed by atoms with Crippen LogP contribution < -0.4 is 10.6 Å². The van der Waals surface area contributed by atoms with Gasteiger partial charge in [-0.25, -0.2) is 9.37 Å². The summed E-state index contributed by atoms with van der Waals surface area (Å²) in [6.45, 7) is 0. The predicted molar refractivity (Wildman–Crippen MR) is 119 cm³/mol. The second-order valence-electron chi connectivity index (χ2n) is 6.18. The van der Waals surface area contributed by atoms with Crippen LogP contribution in [0.5, 0.6) is 0 Å². The van der Waals surface area contributed by atoms with Crippen molar-refractivity contribution in [3.05, 3.63) is 94.0 Å². The number of hydrogen-bond donors (Lipinski definition) is 2. The maximum absolute atomic E-state index is 13.0. The topological polar surface area (TPSA) is 54.0 Å². The molecule has 0 unspecified atom stereocenters. The van der Waals surface area contributed by atoms with E-state index in [-0.39, 0.29) is 11.7 Å². The van der Waals surface area contributed by atoms with E-state index in [2.05, 4.69) is 31.5 Å². The fourth-order valence-corrected chi connectivity index (χ4v) is 3.93. The van der Waals surface area contributed by atoms with Gasteiger partial charge in [0.15, 0.2) is 5.13 Å². The van der Waals surface area contributed by atoms with Gasteiger partial charge in [-0.1, -0.05) is 24.3 Å². The third-order valence-electron chi connectivity index (χ3n) is 4.13. The highest BCUT2D eigenvalue weighted by Gasteiger charge is 2.11. The maximum Gasteiger partial charge on any atom is 0.256 e. The number of nitrogens with one attached hydrogen (secondary N) is 2. The molecule has 144 valence electrons. The molecular formula is C22H15BrFN3OS. The first-order valence-electron chi connectivity index (χ1n) is 8.73. The van der Waals surface area contributed by atoms with Crippen LogP contribution in [-0.2, 0) is 0 Å². The van der Waals surface area contributed by atoms with Crippen molar-refractivity contribution in [1.82, 2.24) is 4.98 Å². The van der Waals surface area contributed by atoms with Crippen LogP contribution in [0.2, 0.25) is 0 Å². The highest BCUT2D eigenvalue weighted by molar-refractivity contribution is 9.10. The van der Waals surface area contributed by atoms with Crippen molar-refractivity contribution in [2.75, 3.05) is 10.6 Å². The van der Waals surface area contributed by atoms with Gasteiger partial charge in [-0.15, -0.1) is 11.3 Å². The predicted octanol–water partition coefficient (Wildman–Crippen LogP) is 6.71. The molecule has 0 fully saturated rings. The van der Waals surface area contributed by atoms with Gasteiger partial charge in [-0.3, -0.25) is 4.79 Å². The van der Waals surface area contributed by atoms with Gasteiger partial charge in [0.05, 0.1) is 11.3 Å². The van der Waals surface area contributed by atoms with Crippen molar-refractivity contribution in [1.29, 1.82) is 0 Å². The summed E-state index contributed by atoms with van der Waals surface area (Å²) in [5.41, 5.74) is 3.69. The molecule has 1 heterocycles. The molecule has 3 aromatic carbocycles. The average Bonchev–Trinajstić information content (AvgIpc) is 3.19. The third-order valence-corrected chi connectivity index (χ3v) is 5.58. The zero-order valence-corrected chi connectivity index (χ0v) is 17.4. The summed E-state index contributed by atoms with van der Waals surface area (Å²) in [4.78, 5) is 17.1. The highest BCUT2D eigenvalue weighted by atomic mass is 79.9. The largest absolute Gasteiger partial charge is 0.332 e. The Morgan fingerprint density at radius 2 is 1.76 bits per heavy atom. The number of hydrogen-bond acceptors (Lipinski definition) is 4. The fraction of sp³-hybridized carbons (Fsp3) is 0. The minimum Gasteiger partial charge on any atom is -0.332 e. The Balaban J connectivity index is 1.50. The summed E-state index contributed by atoms with van der Waals surface area (Å²) in [5.74, 6) is -0.469. The summed E-state index contributed by atoms with van der Waals surface area (Å²) >= 11 is 4.85. The Morgan fingerprint density at radius 3 is 2.55 bits per heavy atom. The molecule has 0 bridgehead atoms. The minimum atomic E-state index is -0.281. The second kappa shape index (κ2) is 8.55. The average molecular weight is 468 g/mol. The lowest BCUT2D eigenvalue weighted by molar-refractivity contribution is 0.102. The Hall–Kier alpha value is -3.03. The molecule has 0 atom stereocenters. The Labute approximate surface area is 179 Å². The number of aromatic nitrogens is 1. The van der Waals surface area contributed by atoms with Crippen molar-refractivity contribution in [2.45, 2.75) is 0 Å². The zero-order chi connectivity index (χ0) is 20.2. The zero-order valence-electron chi connectivity index (χ0n) is 15.0. The van der Waals surface area contributed by atoms with Crippen LogP contribution >= 0.6 is 27.3 Å². The van der Waals surface area contributed by atoms with Gasteiger partial charge in [0.1, 0.15) is 5.82 Å². The van der Waals surface area contributed by atoms with Crippen LogP contribution in [0.25, 0.3) is 11.3 Å². The van der Waals surface area contributed by atoms with Gasteiger partial charge < -0.3 is 10.6 Å². The van der Waals surface area contributed by atoms with Crippen molar-refractivity contribution in [3.63, 3.8) is 0 Å². The number of anilines is 3. The second-order valence-corrected chi connectivity index (χ2v) is 7.90.